The van der Waals surface area contributed by atoms with E-state index in [0.717, 1.165) is 5.69 Å². The molecule has 0 aliphatic heterocycles. The average molecular weight is 154 g/mol. The Labute approximate surface area is 64.0 Å². The van der Waals surface area contributed by atoms with Gasteiger partial charge in [0.15, 0.2) is 0 Å². The van der Waals surface area contributed by atoms with Crippen LogP contribution in [0.2, 0.25) is 0 Å². The van der Waals surface area contributed by atoms with E-state index in [1.165, 1.54) is 0 Å². The lowest BCUT2D eigenvalue weighted by Crippen LogP contribution is -2.29. The van der Waals surface area contributed by atoms with Crippen LogP contribution in [0, 0.1) is 0 Å². The minimum Gasteiger partial charge on any atom is -0.349 e. The molecule has 1 rings (SSSR count). The zero-order valence-corrected chi connectivity index (χ0v) is 6.00. The third-order valence-electron chi connectivity index (χ3n) is 1.22. The van der Waals surface area contributed by atoms with Crippen LogP contribution in [0.4, 0.5) is 0 Å². The number of aromatic amines is 1. The predicted molar refractivity (Wildman–Crippen MR) is 39.5 cm³/mol. The van der Waals surface area contributed by atoms with Crippen molar-refractivity contribution in [1.29, 1.82) is 0 Å². The van der Waals surface area contributed by atoms with E-state index in [1.54, 1.807) is 12.3 Å². The summed E-state index contributed by atoms with van der Waals surface area (Å²) >= 11 is 0. The standard InChI is InChI=1S/C6H10N4O/c7-3-6(11)8-4-5-1-2-9-10-5/h1-2H,3-4,7H2,(H,8,11)(H,9,10). The third-order valence-corrected chi connectivity index (χ3v) is 1.22. The van der Waals surface area contributed by atoms with Gasteiger partial charge in [-0.2, -0.15) is 5.10 Å². The third kappa shape index (κ3) is 2.38. The first-order chi connectivity index (χ1) is 5.33. The van der Waals surface area contributed by atoms with Crippen molar-refractivity contribution in [2.75, 3.05) is 6.54 Å². The van der Waals surface area contributed by atoms with E-state index >= 15 is 0 Å². The molecule has 0 aromatic carbocycles. The Bertz CT molecular complexity index is 218. The minimum atomic E-state index is -0.167. The average Bonchev–Trinajstić information content (AvgIpc) is 2.52. The summed E-state index contributed by atoms with van der Waals surface area (Å²) in [4.78, 5) is 10.6. The molecular formula is C6H10N4O. The lowest BCUT2D eigenvalue weighted by molar-refractivity contribution is -0.119. The van der Waals surface area contributed by atoms with Crippen LogP contribution in [0.1, 0.15) is 5.69 Å². The summed E-state index contributed by atoms with van der Waals surface area (Å²) in [5.74, 6) is -0.167. The number of amides is 1. The largest absolute Gasteiger partial charge is 0.349 e. The fourth-order valence-corrected chi connectivity index (χ4v) is 0.649. The van der Waals surface area contributed by atoms with Crippen molar-refractivity contribution in [2.45, 2.75) is 6.54 Å². The van der Waals surface area contributed by atoms with Crippen molar-refractivity contribution in [3.63, 3.8) is 0 Å². The molecule has 0 saturated carbocycles. The number of carbonyl (C=O) groups excluding carboxylic acids is 1. The van der Waals surface area contributed by atoms with Gasteiger partial charge in [-0.3, -0.25) is 9.89 Å². The second kappa shape index (κ2) is 3.72. The van der Waals surface area contributed by atoms with Crippen LogP contribution < -0.4 is 11.1 Å². The number of carbonyl (C=O) groups is 1. The summed E-state index contributed by atoms with van der Waals surface area (Å²) in [6, 6.07) is 1.79. The lowest BCUT2D eigenvalue weighted by atomic mass is 10.4. The quantitative estimate of drug-likeness (QED) is 0.521. The molecule has 0 bridgehead atoms. The molecule has 0 saturated heterocycles. The first kappa shape index (κ1) is 7.74. The fourth-order valence-electron chi connectivity index (χ4n) is 0.649. The first-order valence-corrected chi connectivity index (χ1v) is 3.28. The van der Waals surface area contributed by atoms with Gasteiger partial charge >= 0.3 is 0 Å². The number of nitrogens with two attached hydrogens (primary N) is 1. The summed E-state index contributed by atoms with van der Waals surface area (Å²) < 4.78 is 0. The van der Waals surface area contributed by atoms with Crippen LogP contribution >= 0.6 is 0 Å². The molecule has 1 amide bonds. The fraction of sp³-hybridized carbons (Fsp3) is 0.333. The zero-order valence-electron chi connectivity index (χ0n) is 6.00. The molecule has 11 heavy (non-hydrogen) atoms. The van der Waals surface area contributed by atoms with Crippen LogP contribution in [0.25, 0.3) is 0 Å². The predicted octanol–water partition coefficient (Wildman–Crippen LogP) is -1.02. The van der Waals surface area contributed by atoms with Crippen LogP contribution in [-0.2, 0) is 11.3 Å². The molecule has 1 aromatic rings. The summed E-state index contributed by atoms with van der Waals surface area (Å²) in [5, 5.41) is 9.03. The smallest absolute Gasteiger partial charge is 0.234 e. The molecule has 0 aliphatic carbocycles. The Morgan fingerprint density at radius 1 is 1.82 bits per heavy atom. The Hall–Kier alpha value is -1.36. The van der Waals surface area contributed by atoms with Gasteiger partial charge in [-0.25, -0.2) is 0 Å². The monoisotopic (exact) mass is 154 g/mol. The van der Waals surface area contributed by atoms with E-state index in [1.807, 2.05) is 0 Å². The molecule has 0 fully saturated rings. The molecule has 5 heteroatoms. The van der Waals surface area contributed by atoms with E-state index in [4.69, 9.17) is 5.73 Å². The van der Waals surface area contributed by atoms with Gasteiger partial charge in [0, 0.05) is 6.20 Å². The molecule has 5 nitrogen and oxygen atoms in total. The van der Waals surface area contributed by atoms with Gasteiger partial charge in [0.1, 0.15) is 0 Å². The van der Waals surface area contributed by atoms with Gasteiger partial charge in [-0.1, -0.05) is 0 Å². The van der Waals surface area contributed by atoms with E-state index in [0.29, 0.717) is 6.54 Å². The van der Waals surface area contributed by atoms with Crippen LogP contribution in [0.15, 0.2) is 12.3 Å². The summed E-state index contributed by atoms with van der Waals surface area (Å²) in [6.07, 6.45) is 1.63. The molecule has 0 aliphatic rings. The maximum absolute atomic E-state index is 10.6. The molecule has 0 radical (unpaired) electrons. The van der Waals surface area contributed by atoms with Gasteiger partial charge in [0.25, 0.3) is 0 Å². The number of hydrogen-bond acceptors (Lipinski definition) is 3. The van der Waals surface area contributed by atoms with E-state index in [2.05, 4.69) is 15.5 Å². The summed E-state index contributed by atoms with van der Waals surface area (Å²) in [5.41, 5.74) is 5.94. The normalized spacial score (nSPS) is 9.55. The number of rotatable bonds is 3. The number of H-pyrrole nitrogens is 1. The van der Waals surface area contributed by atoms with Crippen LogP contribution in [0.5, 0.6) is 0 Å². The Kier molecular flexibility index (Phi) is 2.62. The number of nitrogens with zero attached hydrogens (tertiary/aromatic N) is 1. The van der Waals surface area contributed by atoms with Gasteiger partial charge in [-0.15, -0.1) is 0 Å². The maximum atomic E-state index is 10.6. The van der Waals surface area contributed by atoms with Gasteiger partial charge in [0.2, 0.25) is 5.91 Å². The highest BCUT2D eigenvalue weighted by Gasteiger charge is 1.96. The molecule has 60 valence electrons. The van der Waals surface area contributed by atoms with E-state index in [9.17, 15) is 4.79 Å². The second-order valence-corrected chi connectivity index (χ2v) is 2.06. The van der Waals surface area contributed by atoms with Crippen LogP contribution in [-0.4, -0.2) is 22.6 Å². The summed E-state index contributed by atoms with van der Waals surface area (Å²) in [7, 11) is 0. The Morgan fingerprint density at radius 2 is 2.64 bits per heavy atom. The topological polar surface area (TPSA) is 83.8 Å². The van der Waals surface area contributed by atoms with Crippen LogP contribution in [0.3, 0.4) is 0 Å². The maximum Gasteiger partial charge on any atom is 0.234 e. The number of hydrogen-bond donors (Lipinski definition) is 3. The number of nitrogens with one attached hydrogen (secondary N) is 2. The molecule has 0 atom stereocenters. The first-order valence-electron chi connectivity index (χ1n) is 3.28. The van der Waals surface area contributed by atoms with Gasteiger partial charge in [0.05, 0.1) is 18.8 Å². The van der Waals surface area contributed by atoms with Crippen molar-refractivity contribution >= 4 is 5.91 Å². The highest BCUT2D eigenvalue weighted by Crippen LogP contribution is 1.88. The highest BCUT2D eigenvalue weighted by molar-refractivity contribution is 5.77. The molecule has 0 unspecified atom stereocenters. The van der Waals surface area contributed by atoms with E-state index in [-0.39, 0.29) is 12.5 Å². The lowest BCUT2D eigenvalue weighted by Gasteiger charge is -1.98. The van der Waals surface area contributed by atoms with Crippen molar-refractivity contribution in [2.24, 2.45) is 5.73 Å². The zero-order chi connectivity index (χ0) is 8.10. The van der Waals surface area contributed by atoms with Gasteiger partial charge < -0.3 is 11.1 Å². The van der Waals surface area contributed by atoms with Crippen molar-refractivity contribution in [3.05, 3.63) is 18.0 Å². The molecule has 0 spiro atoms. The van der Waals surface area contributed by atoms with Crippen molar-refractivity contribution < 1.29 is 4.79 Å². The van der Waals surface area contributed by atoms with Crippen molar-refractivity contribution in [1.82, 2.24) is 15.5 Å². The van der Waals surface area contributed by atoms with Gasteiger partial charge in [-0.05, 0) is 6.07 Å². The number of aromatic nitrogens is 2. The molecule has 1 heterocycles. The molecular weight excluding hydrogens is 144 g/mol. The molecule has 1 aromatic heterocycles. The van der Waals surface area contributed by atoms with E-state index < -0.39 is 0 Å². The highest BCUT2D eigenvalue weighted by atomic mass is 16.1. The summed E-state index contributed by atoms with van der Waals surface area (Å²) in [6.45, 7) is 0.476. The Balaban J connectivity index is 2.29. The van der Waals surface area contributed by atoms with Crippen molar-refractivity contribution in [3.8, 4) is 0 Å². The SMILES string of the molecule is NCC(=O)NCc1ccn[nH]1. The minimum absolute atomic E-state index is 0.0220. The Morgan fingerprint density at radius 3 is 3.18 bits per heavy atom. The second-order valence-electron chi connectivity index (χ2n) is 2.06. The molecule has 4 N–H and O–H groups in total.